The van der Waals surface area contributed by atoms with Crippen LogP contribution in [0, 0.1) is 11.8 Å². The molecule has 1 saturated carbocycles. The number of fused-ring (bicyclic) bond motifs is 1. The Kier molecular flexibility index (Phi) is 4.35. The van der Waals surface area contributed by atoms with Gasteiger partial charge in [0.1, 0.15) is 0 Å². The van der Waals surface area contributed by atoms with Crippen LogP contribution in [0.15, 0.2) is 9.85 Å². The zero-order valence-electron chi connectivity index (χ0n) is 11.9. The summed E-state index contributed by atoms with van der Waals surface area (Å²) >= 11 is 5.59. The molecule has 3 rings (SSSR count). The van der Waals surface area contributed by atoms with Crippen molar-refractivity contribution in [2.45, 2.75) is 64.5 Å². The van der Waals surface area contributed by atoms with Crippen molar-refractivity contribution in [3.63, 3.8) is 0 Å². The van der Waals surface area contributed by atoms with Gasteiger partial charge in [0.15, 0.2) is 0 Å². The standard InChI is InChI=1S/C16H24BrNS/c1-10-6-11(2)8-12(7-10)18-14-4-3-5-15-13(14)9-16(17)19-15/h9-12,14,18H,3-8H2,1-2H3. The topological polar surface area (TPSA) is 12.0 Å². The van der Waals surface area contributed by atoms with Crippen LogP contribution in [0.5, 0.6) is 0 Å². The minimum absolute atomic E-state index is 0.605. The maximum atomic E-state index is 3.97. The first-order valence-electron chi connectivity index (χ1n) is 7.66. The molecule has 3 unspecified atom stereocenters. The predicted molar refractivity (Wildman–Crippen MR) is 86.8 cm³/mol. The summed E-state index contributed by atoms with van der Waals surface area (Å²) in [5.74, 6) is 1.78. The molecule has 0 radical (unpaired) electrons. The molecule has 0 aliphatic heterocycles. The SMILES string of the molecule is CC1CC(C)CC(NC2CCCc3sc(Br)cc32)C1. The van der Waals surface area contributed by atoms with Crippen molar-refractivity contribution in [1.29, 1.82) is 0 Å². The Labute approximate surface area is 129 Å². The van der Waals surface area contributed by atoms with Crippen LogP contribution in [-0.2, 0) is 6.42 Å². The molecule has 19 heavy (non-hydrogen) atoms. The van der Waals surface area contributed by atoms with Gasteiger partial charge in [-0.3, -0.25) is 0 Å². The quantitative estimate of drug-likeness (QED) is 0.769. The van der Waals surface area contributed by atoms with Gasteiger partial charge in [-0.25, -0.2) is 0 Å². The summed E-state index contributed by atoms with van der Waals surface area (Å²) in [6, 6.07) is 3.69. The Balaban J connectivity index is 1.70. The second-order valence-corrected chi connectivity index (χ2v) is 9.17. The van der Waals surface area contributed by atoms with Gasteiger partial charge in [0.05, 0.1) is 3.79 Å². The lowest BCUT2D eigenvalue weighted by molar-refractivity contribution is 0.220. The van der Waals surface area contributed by atoms with E-state index < -0.39 is 0 Å². The monoisotopic (exact) mass is 341 g/mol. The Morgan fingerprint density at radius 2 is 1.95 bits per heavy atom. The Hall–Kier alpha value is 0.140. The number of hydrogen-bond donors (Lipinski definition) is 1. The molecule has 3 atom stereocenters. The van der Waals surface area contributed by atoms with Crippen molar-refractivity contribution >= 4 is 27.3 Å². The zero-order chi connectivity index (χ0) is 13.4. The molecule has 3 heteroatoms. The first-order valence-corrected chi connectivity index (χ1v) is 9.27. The largest absolute Gasteiger partial charge is 0.307 e. The van der Waals surface area contributed by atoms with Gasteiger partial charge in [0.25, 0.3) is 0 Å². The van der Waals surface area contributed by atoms with Gasteiger partial charge in [-0.15, -0.1) is 11.3 Å². The van der Waals surface area contributed by atoms with E-state index in [9.17, 15) is 0 Å². The molecule has 106 valence electrons. The van der Waals surface area contributed by atoms with Crippen LogP contribution >= 0.6 is 27.3 Å². The third-order valence-electron chi connectivity index (χ3n) is 4.70. The van der Waals surface area contributed by atoms with E-state index >= 15 is 0 Å². The highest BCUT2D eigenvalue weighted by Crippen LogP contribution is 2.39. The first kappa shape index (κ1) is 14.1. The van der Waals surface area contributed by atoms with Crippen molar-refractivity contribution in [1.82, 2.24) is 5.32 Å². The van der Waals surface area contributed by atoms with Crippen LogP contribution in [0.2, 0.25) is 0 Å². The van der Waals surface area contributed by atoms with Gasteiger partial charge in [0.2, 0.25) is 0 Å². The molecule has 2 aliphatic rings. The van der Waals surface area contributed by atoms with Gasteiger partial charge in [-0.05, 0) is 77.9 Å². The van der Waals surface area contributed by atoms with Crippen molar-refractivity contribution in [3.8, 4) is 0 Å². The molecule has 0 aromatic carbocycles. The highest BCUT2D eigenvalue weighted by Gasteiger charge is 2.28. The zero-order valence-corrected chi connectivity index (χ0v) is 14.3. The Morgan fingerprint density at radius 1 is 1.21 bits per heavy atom. The summed E-state index contributed by atoms with van der Waals surface area (Å²) in [6.07, 6.45) is 8.08. The van der Waals surface area contributed by atoms with Crippen LogP contribution in [0.25, 0.3) is 0 Å². The molecule has 1 aromatic heterocycles. The van der Waals surface area contributed by atoms with Gasteiger partial charge < -0.3 is 5.32 Å². The molecule has 0 spiro atoms. The molecule has 1 fully saturated rings. The molecule has 1 N–H and O–H groups in total. The van der Waals surface area contributed by atoms with Gasteiger partial charge in [0, 0.05) is 17.0 Å². The van der Waals surface area contributed by atoms with E-state index in [2.05, 4.69) is 41.2 Å². The average molecular weight is 342 g/mol. The smallest absolute Gasteiger partial charge is 0.0704 e. The Morgan fingerprint density at radius 3 is 2.68 bits per heavy atom. The molecule has 1 nitrogen and oxygen atoms in total. The van der Waals surface area contributed by atoms with Crippen LogP contribution in [0.1, 0.15) is 62.4 Å². The summed E-state index contributed by atoms with van der Waals surface area (Å²) in [4.78, 5) is 1.60. The molecule has 2 aliphatic carbocycles. The summed E-state index contributed by atoms with van der Waals surface area (Å²) in [5.41, 5.74) is 1.58. The first-order chi connectivity index (χ1) is 9.11. The van der Waals surface area contributed by atoms with Crippen molar-refractivity contribution in [3.05, 3.63) is 20.3 Å². The molecule has 0 amide bonds. The van der Waals surface area contributed by atoms with E-state index in [1.54, 1.807) is 10.4 Å². The van der Waals surface area contributed by atoms with E-state index in [0.717, 1.165) is 17.9 Å². The lowest BCUT2D eigenvalue weighted by Gasteiger charge is -2.36. The second-order valence-electron chi connectivity index (χ2n) is 6.65. The summed E-state index contributed by atoms with van der Waals surface area (Å²) < 4.78 is 1.30. The second kappa shape index (κ2) is 5.87. The van der Waals surface area contributed by atoms with E-state index in [0.29, 0.717) is 6.04 Å². The van der Waals surface area contributed by atoms with E-state index in [1.165, 1.54) is 42.3 Å². The normalized spacial score (nSPS) is 35.1. The number of aryl methyl sites for hydroxylation is 1. The highest BCUT2D eigenvalue weighted by atomic mass is 79.9. The fourth-order valence-corrected chi connectivity index (χ4v) is 5.88. The lowest BCUT2D eigenvalue weighted by Crippen LogP contribution is -2.39. The van der Waals surface area contributed by atoms with E-state index in [1.807, 2.05) is 11.3 Å². The molecule has 1 heterocycles. The summed E-state index contributed by atoms with van der Waals surface area (Å²) in [5, 5.41) is 3.97. The molecular weight excluding hydrogens is 318 g/mol. The number of hydrogen-bond acceptors (Lipinski definition) is 2. The van der Waals surface area contributed by atoms with Gasteiger partial charge in [-0.1, -0.05) is 13.8 Å². The Bertz CT molecular complexity index is 432. The number of halogens is 1. The third-order valence-corrected chi connectivity index (χ3v) is 6.41. The van der Waals surface area contributed by atoms with Gasteiger partial charge >= 0.3 is 0 Å². The maximum Gasteiger partial charge on any atom is 0.0704 e. The highest BCUT2D eigenvalue weighted by molar-refractivity contribution is 9.11. The van der Waals surface area contributed by atoms with Crippen LogP contribution in [0.3, 0.4) is 0 Å². The van der Waals surface area contributed by atoms with Gasteiger partial charge in [-0.2, -0.15) is 0 Å². The fraction of sp³-hybridized carbons (Fsp3) is 0.750. The van der Waals surface area contributed by atoms with Crippen LogP contribution in [-0.4, -0.2) is 6.04 Å². The van der Waals surface area contributed by atoms with Crippen molar-refractivity contribution in [2.75, 3.05) is 0 Å². The summed E-state index contributed by atoms with van der Waals surface area (Å²) in [6.45, 7) is 4.83. The van der Waals surface area contributed by atoms with E-state index in [4.69, 9.17) is 0 Å². The van der Waals surface area contributed by atoms with Crippen molar-refractivity contribution < 1.29 is 0 Å². The molecule has 0 saturated heterocycles. The lowest BCUT2D eigenvalue weighted by atomic mass is 9.79. The molecule has 1 aromatic rings. The fourth-order valence-electron chi connectivity index (χ4n) is 4.06. The minimum Gasteiger partial charge on any atom is -0.307 e. The summed E-state index contributed by atoms with van der Waals surface area (Å²) in [7, 11) is 0. The molecule has 0 bridgehead atoms. The van der Waals surface area contributed by atoms with E-state index in [-0.39, 0.29) is 0 Å². The predicted octanol–water partition coefficient (Wildman–Crippen LogP) is 5.30. The number of thiophene rings is 1. The van der Waals surface area contributed by atoms with Crippen molar-refractivity contribution in [2.24, 2.45) is 11.8 Å². The number of nitrogens with one attached hydrogen (secondary N) is 1. The molecular formula is C16H24BrNS. The minimum atomic E-state index is 0.605. The third kappa shape index (κ3) is 3.25. The number of rotatable bonds is 2. The van der Waals surface area contributed by atoms with Crippen LogP contribution < -0.4 is 5.32 Å². The maximum absolute atomic E-state index is 3.97. The van der Waals surface area contributed by atoms with Crippen LogP contribution in [0.4, 0.5) is 0 Å². The average Bonchev–Trinajstić information content (AvgIpc) is 2.69.